The Morgan fingerprint density at radius 1 is 1.17 bits per heavy atom. The second-order valence-corrected chi connectivity index (χ2v) is 7.18. The first-order chi connectivity index (χ1) is 11.2. The van der Waals surface area contributed by atoms with E-state index in [1.54, 1.807) is 0 Å². The van der Waals surface area contributed by atoms with Crippen molar-refractivity contribution in [1.82, 2.24) is 5.32 Å². The summed E-state index contributed by atoms with van der Waals surface area (Å²) in [6.45, 7) is 6.24. The van der Waals surface area contributed by atoms with E-state index in [0.717, 1.165) is 32.4 Å². The number of benzene rings is 1. The SMILES string of the molecule is C[C@@H]1CC(NCCCO[C@@H]2CCCc3ccccc32)C[C@@H](C)O1. The van der Waals surface area contributed by atoms with Crippen molar-refractivity contribution in [3.8, 4) is 0 Å². The maximum atomic E-state index is 6.18. The zero-order valence-electron chi connectivity index (χ0n) is 14.6. The van der Waals surface area contributed by atoms with Crippen LogP contribution in [0.25, 0.3) is 0 Å². The van der Waals surface area contributed by atoms with Gasteiger partial charge in [-0.1, -0.05) is 24.3 Å². The van der Waals surface area contributed by atoms with Gasteiger partial charge in [0.15, 0.2) is 0 Å². The summed E-state index contributed by atoms with van der Waals surface area (Å²) in [4.78, 5) is 0. The molecule has 128 valence electrons. The van der Waals surface area contributed by atoms with Crippen LogP contribution in [0.15, 0.2) is 24.3 Å². The van der Waals surface area contributed by atoms with Crippen molar-refractivity contribution in [2.45, 2.75) is 76.7 Å². The second kappa shape index (κ2) is 8.27. The third kappa shape index (κ3) is 4.79. The predicted octanol–water partition coefficient (Wildman–Crippen LogP) is 4.02. The van der Waals surface area contributed by atoms with E-state index in [9.17, 15) is 0 Å². The second-order valence-electron chi connectivity index (χ2n) is 7.18. The molecular weight excluding hydrogens is 286 g/mol. The molecule has 0 bridgehead atoms. The summed E-state index contributed by atoms with van der Waals surface area (Å²) in [6.07, 6.45) is 8.02. The van der Waals surface area contributed by atoms with E-state index >= 15 is 0 Å². The Morgan fingerprint density at radius 3 is 2.78 bits per heavy atom. The fourth-order valence-corrected chi connectivity index (χ4v) is 4.06. The van der Waals surface area contributed by atoms with Crippen LogP contribution in [0, 0.1) is 0 Å². The lowest BCUT2D eigenvalue weighted by molar-refractivity contribution is -0.0423. The Bertz CT molecular complexity index is 480. The third-order valence-electron chi connectivity index (χ3n) is 5.09. The zero-order chi connectivity index (χ0) is 16.1. The lowest BCUT2D eigenvalue weighted by Gasteiger charge is -2.32. The highest BCUT2D eigenvalue weighted by atomic mass is 16.5. The number of hydrogen-bond donors (Lipinski definition) is 1. The molecule has 1 heterocycles. The van der Waals surface area contributed by atoms with Crippen molar-refractivity contribution in [2.24, 2.45) is 0 Å². The average molecular weight is 317 g/mol. The summed E-state index contributed by atoms with van der Waals surface area (Å²) in [5.74, 6) is 0. The molecule has 3 atom stereocenters. The van der Waals surface area contributed by atoms with Crippen LogP contribution >= 0.6 is 0 Å². The largest absolute Gasteiger partial charge is 0.375 e. The number of hydrogen-bond acceptors (Lipinski definition) is 3. The van der Waals surface area contributed by atoms with Gasteiger partial charge in [-0.2, -0.15) is 0 Å². The van der Waals surface area contributed by atoms with Gasteiger partial charge in [-0.15, -0.1) is 0 Å². The van der Waals surface area contributed by atoms with Crippen LogP contribution in [0.3, 0.4) is 0 Å². The summed E-state index contributed by atoms with van der Waals surface area (Å²) in [5, 5.41) is 3.68. The highest BCUT2D eigenvalue weighted by Crippen LogP contribution is 2.32. The van der Waals surface area contributed by atoms with Crippen LogP contribution in [0.4, 0.5) is 0 Å². The zero-order valence-corrected chi connectivity index (χ0v) is 14.6. The monoisotopic (exact) mass is 317 g/mol. The van der Waals surface area contributed by atoms with Crippen molar-refractivity contribution in [1.29, 1.82) is 0 Å². The molecule has 3 nitrogen and oxygen atoms in total. The third-order valence-corrected chi connectivity index (χ3v) is 5.09. The van der Waals surface area contributed by atoms with E-state index < -0.39 is 0 Å². The minimum atomic E-state index is 0.308. The van der Waals surface area contributed by atoms with Gasteiger partial charge in [0.1, 0.15) is 0 Å². The van der Waals surface area contributed by atoms with Crippen LogP contribution in [-0.2, 0) is 15.9 Å². The van der Waals surface area contributed by atoms with Gasteiger partial charge in [0.2, 0.25) is 0 Å². The van der Waals surface area contributed by atoms with Crippen LogP contribution in [0.1, 0.15) is 63.2 Å². The Hall–Kier alpha value is -0.900. The summed E-state index contributed by atoms with van der Waals surface area (Å²) in [7, 11) is 0. The van der Waals surface area contributed by atoms with Crippen LogP contribution in [0.5, 0.6) is 0 Å². The van der Waals surface area contributed by atoms with Gasteiger partial charge in [0.05, 0.1) is 18.3 Å². The lowest BCUT2D eigenvalue weighted by atomic mass is 9.89. The molecule has 23 heavy (non-hydrogen) atoms. The maximum absolute atomic E-state index is 6.18. The van der Waals surface area contributed by atoms with Crippen molar-refractivity contribution in [3.63, 3.8) is 0 Å². The molecule has 3 heteroatoms. The van der Waals surface area contributed by atoms with Crippen molar-refractivity contribution < 1.29 is 9.47 Å². The van der Waals surface area contributed by atoms with Gasteiger partial charge < -0.3 is 14.8 Å². The summed E-state index contributed by atoms with van der Waals surface area (Å²) < 4.78 is 12.0. The molecule has 0 unspecified atom stereocenters. The van der Waals surface area contributed by atoms with Crippen LogP contribution in [-0.4, -0.2) is 31.4 Å². The molecule has 1 aliphatic heterocycles. The highest BCUT2D eigenvalue weighted by molar-refractivity contribution is 5.31. The van der Waals surface area contributed by atoms with E-state index in [1.807, 2.05) is 0 Å². The van der Waals surface area contributed by atoms with E-state index in [0.29, 0.717) is 24.4 Å². The van der Waals surface area contributed by atoms with Gasteiger partial charge in [0, 0.05) is 12.6 Å². The standard InChI is InChI=1S/C20H31NO2/c1-15-13-18(14-16(2)23-15)21-11-6-12-22-20-10-5-8-17-7-3-4-9-19(17)20/h3-4,7,9,15-16,18,20-21H,5-6,8,10-14H2,1-2H3/t15-,16-,20-/m1/s1. The fourth-order valence-electron chi connectivity index (χ4n) is 4.06. The number of aryl methyl sites for hydroxylation is 1. The molecule has 0 amide bonds. The van der Waals surface area contributed by atoms with Crippen LogP contribution < -0.4 is 5.32 Å². The number of ether oxygens (including phenoxy) is 2. The van der Waals surface area contributed by atoms with Gasteiger partial charge in [-0.25, -0.2) is 0 Å². The molecule has 1 aromatic rings. The fraction of sp³-hybridized carbons (Fsp3) is 0.700. The molecule has 0 saturated carbocycles. The van der Waals surface area contributed by atoms with Gasteiger partial charge in [0.25, 0.3) is 0 Å². The Labute approximate surface area is 140 Å². The maximum Gasteiger partial charge on any atom is 0.0827 e. The average Bonchev–Trinajstić information content (AvgIpc) is 2.54. The van der Waals surface area contributed by atoms with E-state index in [4.69, 9.17) is 9.47 Å². The van der Waals surface area contributed by atoms with Crippen LogP contribution in [0.2, 0.25) is 0 Å². The van der Waals surface area contributed by atoms with Gasteiger partial charge in [-0.3, -0.25) is 0 Å². The molecule has 1 fully saturated rings. The molecule has 1 saturated heterocycles. The first-order valence-electron chi connectivity index (χ1n) is 9.30. The Morgan fingerprint density at radius 2 is 1.96 bits per heavy atom. The normalized spacial score (nSPS) is 30.9. The van der Waals surface area contributed by atoms with Crippen molar-refractivity contribution in [3.05, 3.63) is 35.4 Å². The molecule has 3 rings (SSSR count). The summed E-state index contributed by atoms with van der Waals surface area (Å²) in [6, 6.07) is 9.36. The highest BCUT2D eigenvalue weighted by Gasteiger charge is 2.24. The molecule has 1 aromatic carbocycles. The number of rotatable bonds is 6. The molecule has 0 aromatic heterocycles. The van der Waals surface area contributed by atoms with Gasteiger partial charge >= 0.3 is 0 Å². The minimum absolute atomic E-state index is 0.308. The topological polar surface area (TPSA) is 30.5 Å². The number of fused-ring (bicyclic) bond motifs is 1. The van der Waals surface area contributed by atoms with Gasteiger partial charge in [-0.05, 0) is 70.0 Å². The lowest BCUT2D eigenvalue weighted by Crippen LogP contribution is -2.41. The molecule has 2 aliphatic rings. The minimum Gasteiger partial charge on any atom is -0.375 e. The molecule has 1 N–H and O–H groups in total. The Kier molecular flexibility index (Phi) is 6.09. The number of nitrogens with one attached hydrogen (secondary N) is 1. The van der Waals surface area contributed by atoms with E-state index in [-0.39, 0.29) is 0 Å². The predicted molar refractivity (Wildman–Crippen MR) is 93.7 cm³/mol. The smallest absolute Gasteiger partial charge is 0.0827 e. The van der Waals surface area contributed by atoms with Crippen molar-refractivity contribution in [2.75, 3.05) is 13.2 Å². The van der Waals surface area contributed by atoms with E-state index in [1.165, 1.54) is 30.4 Å². The first-order valence-corrected chi connectivity index (χ1v) is 9.30. The van der Waals surface area contributed by atoms with Crippen molar-refractivity contribution >= 4 is 0 Å². The van der Waals surface area contributed by atoms with E-state index in [2.05, 4.69) is 43.4 Å². The molecular formula is C20H31NO2. The first kappa shape index (κ1) is 16.9. The summed E-state index contributed by atoms with van der Waals surface area (Å²) >= 11 is 0. The summed E-state index contributed by atoms with van der Waals surface area (Å²) in [5.41, 5.74) is 2.89. The molecule has 0 spiro atoms. The quantitative estimate of drug-likeness (QED) is 0.804. The molecule has 1 aliphatic carbocycles. The Balaban J connectivity index is 1.36. The molecule has 0 radical (unpaired) electrons.